The fourth-order valence-corrected chi connectivity index (χ4v) is 1.88. The van der Waals surface area contributed by atoms with Crippen molar-refractivity contribution in [2.45, 2.75) is 13.8 Å². The third-order valence-corrected chi connectivity index (χ3v) is 3.44. The zero-order valence-electron chi connectivity index (χ0n) is 9.87. The Labute approximate surface area is 115 Å². The summed E-state index contributed by atoms with van der Waals surface area (Å²) in [6.07, 6.45) is 0. The van der Waals surface area contributed by atoms with Crippen LogP contribution in [0, 0.1) is 6.92 Å². The van der Waals surface area contributed by atoms with Gasteiger partial charge >= 0.3 is 0 Å². The van der Waals surface area contributed by atoms with E-state index in [1.807, 2.05) is 26.0 Å². The number of halogens is 1. The van der Waals surface area contributed by atoms with Gasteiger partial charge in [-0.2, -0.15) is 0 Å². The fraction of sp³-hybridized carbons (Fsp3) is 0.333. The highest BCUT2D eigenvalue weighted by molar-refractivity contribution is 9.10. The molecule has 1 rings (SSSR count). The van der Waals surface area contributed by atoms with E-state index in [9.17, 15) is 4.79 Å². The maximum atomic E-state index is 12.2. The first-order chi connectivity index (χ1) is 7.95. The molecule has 3 nitrogen and oxygen atoms in total. The third-order valence-electron chi connectivity index (χ3n) is 2.42. The predicted molar refractivity (Wildman–Crippen MR) is 77.2 cm³/mol. The number of hydrogen-bond donors (Lipinski definition) is 1. The summed E-state index contributed by atoms with van der Waals surface area (Å²) >= 11 is 8.24. The zero-order valence-corrected chi connectivity index (χ0v) is 12.3. The van der Waals surface area contributed by atoms with Crippen molar-refractivity contribution in [1.82, 2.24) is 4.90 Å². The van der Waals surface area contributed by atoms with Crippen molar-refractivity contribution in [2.75, 3.05) is 13.1 Å². The molecule has 1 aromatic rings. The first kappa shape index (κ1) is 14.1. The van der Waals surface area contributed by atoms with Crippen LogP contribution in [-0.2, 0) is 0 Å². The molecule has 0 bridgehead atoms. The van der Waals surface area contributed by atoms with E-state index in [1.165, 1.54) is 0 Å². The molecular formula is C12H15BrN2OS. The lowest BCUT2D eigenvalue weighted by molar-refractivity contribution is 0.0788. The molecule has 1 aromatic carbocycles. The molecule has 0 aliphatic heterocycles. The van der Waals surface area contributed by atoms with Gasteiger partial charge < -0.3 is 10.6 Å². The molecule has 17 heavy (non-hydrogen) atoms. The fourth-order valence-electron chi connectivity index (χ4n) is 1.48. The molecule has 0 fully saturated rings. The van der Waals surface area contributed by atoms with E-state index in [0.717, 1.165) is 10.0 Å². The molecule has 0 aliphatic rings. The van der Waals surface area contributed by atoms with Gasteiger partial charge in [0.1, 0.15) is 0 Å². The molecule has 0 saturated carbocycles. The first-order valence-corrected chi connectivity index (χ1v) is 6.49. The highest BCUT2D eigenvalue weighted by Gasteiger charge is 2.15. The minimum absolute atomic E-state index is 0.0455. The summed E-state index contributed by atoms with van der Waals surface area (Å²) in [6, 6.07) is 5.52. The molecule has 0 aliphatic carbocycles. The lowest BCUT2D eigenvalue weighted by Gasteiger charge is -2.20. The second-order valence-corrected chi connectivity index (χ2v) is 5.13. The molecule has 0 aromatic heterocycles. The molecule has 92 valence electrons. The van der Waals surface area contributed by atoms with Crippen LogP contribution in [0.15, 0.2) is 22.7 Å². The number of aryl methyl sites for hydroxylation is 1. The van der Waals surface area contributed by atoms with Gasteiger partial charge in [-0.1, -0.05) is 28.1 Å². The Morgan fingerprint density at radius 2 is 2.18 bits per heavy atom. The molecule has 0 saturated heterocycles. The smallest absolute Gasteiger partial charge is 0.254 e. The number of benzene rings is 1. The zero-order chi connectivity index (χ0) is 13.0. The van der Waals surface area contributed by atoms with Gasteiger partial charge in [0.05, 0.1) is 11.5 Å². The average Bonchev–Trinajstić information content (AvgIpc) is 2.28. The van der Waals surface area contributed by atoms with E-state index in [-0.39, 0.29) is 5.91 Å². The topological polar surface area (TPSA) is 46.3 Å². The molecule has 2 N–H and O–H groups in total. The number of nitrogens with zero attached hydrogens (tertiary/aromatic N) is 1. The van der Waals surface area contributed by atoms with Crippen molar-refractivity contribution in [2.24, 2.45) is 5.73 Å². The number of carbonyl (C=O) groups excluding carboxylic acids is 1. The van der Waals surface area contributed by atoms with Crippen molar-refractivity contribution in [3.05, 3.63) is 33.8 Å². The third kappa shape index (κ3) is 3.78. The molecule has 0 unspecified atom stereocenters. The molecule has 5 heteroatoms. The second kappa shape index (κ2) is 6.12. The minimum atomic E-state index is -0.0455. The molecule has 0 radical (unpaired) electrons. The minimum Gasteiger partial charge on any atom is -0.392 e. The summed E-state index contributed by atoms with van der Waals surface area (Å²) in [6.45, 7) is 4.76. The standard InChI is InChI=1S/C12H15BrN2OS/c1-3-15(7-11(14)17)12(16)9-4-5-10(13)8(2)6-9/h4-6H,3,7H2,1-2H3,(H2,14,17). The number of nitrogens with two attached hydrogens (primary N) is 1. The van der Waals surface area contributed by atoms with E-state index in [0.29, 0.717) is 23.6 Å². The van der Waals surface area contributed by atoms with Gasteiger partial charge in [-0.15, -0.1) is 0 Å². The van der Waals surface area contributed by atoms with Gasteiger partial charge in [0.15, 0.2) is 0 Å². The van der Waals surface area contributed by atoms with Crippen LogP contribution < -0.4 is 5.73 Å². The molecular weight excluding hydrogens is 300 g/mol. The summed E-state index contributed by atoms with van der Waals surface area (Å²) in [5.41, 5.74) is 7.15. The monoisotopic (exact) mass is 314 g/mol. The van der Waals surface area contributed by atoms with Crippen molar-refractivity contribution in [3.8, 4) is 0 Å². The van der Waals surface area contributed by atoms with Gasteiger partial charge in [0.25, 0.3) is 5.91 Å². The Kier molecular flexibility index (Phi) is 5.08. The molecule has 0 atom stereocenters. The second-order valence-electron chi connectivity index (χ2n) is 3.75. The molecule has 0 spiro atoms. The van der Waals surface area contributed by atoms with E-state index in [2.05, 4.69) is 15.9 Å². The van der Waals surface area contributed by atoms with Crippen molar-refractivity contribution in [3.63, 3.8) is 0 Å². The van der Waals surface area contributed by atoms with Crippen LogP contribution in [0.2, 0.25) is 0 Å². The van der Waals surface area contributed by atoms with Crippen LogP contribution in [-0.4, -0.2) is 28.9 Å². The van der Waals surface area contributed by atoms with Gasteiger partial charge in [-0.05, 0) is 37.6 Å². The Hall–Kier alpha value is -0.940. The summed E-state index contributed by atoms with van der Waals surface area (Å²) < 4.78 is 0.992. The highest BCUT2D eigenvalue weighted by Crippen LogP contribution is 2.18. The quantitative estimate of drug-likeness (QED) is 0.869. The lowest BCUT2D eigenvalue weighted by atomic mass is 10.1. The van der Waals surface area contributed by atoms with Crippen molar-refractivity contribution >= 4 is 39.0 Å². The largest absolute Gasteiger partial charge is 0.392 e. The Morgan fingerprint density at radius 1 is 1.53 bits per heavy atom. The maximum Gasteiger partial charge on any atom is 0.254 e. The van der Waals surface area contributed by atoms with E-state index >= 15 is 0 Å². The lowest BCUT2D eigenvalue weighted by Crippen LogP contribution is -2.37. The van der Waals surface area contributed by atoms with Crippen LogP contribution in [0.4, 0.5) is 0 Å². The van der Waals surface area contributed by atoms with Crippen LogP contribution in [0.1, 0.15) is 22.8 Å². The first-order valence-electron chi connectivity index (χ1n) is 5.29. The van der Waals surface area contributed by atoms with E-state index < -0.39 is 0 Å². The summed E-state index contributed by atoms with van der Waals surface area (Å²) in [5.74, 6) is -0.0455. The summed E-state index contributed by atoms with van der Waals surface area (Å²) in [7, 11) is 0. The predicted octanol–water partition coefficient (Wildman–Crippen LogP) is 2.51. The van der Waals surface area contributed by atoms with Crippen molar-refractivity contribution in [1.29, 1.82) is 0 Å². The number of rotatable bonds is 4. The number of carbonyl (C=O) groups is 1. The van der Waals surface area contributed by atoms with E-state index in [1.54, 1.807) is 11.0 Å². The number of hydrogen-bond acceptors (Lipinski definition) is 2. The summed E-state index contributed by atoms with van der Waals surface area (Å²) in [5, 5.41) is 0. The normalized spacial score (nSPS) is 10.1. The van der Waals surface area contributed by atoms with Crippen LogP contribution in [0.25, 0.3) is 0 Å². The Bertz CT molecular complexity index is 448. The average molecular weight is 315 g/mol. The van der Waals surface area contributed by atoms with Crippen LogP contribution >= 0.6 is 28.1 Å². The number of thiocarbonyl (C=S) groups is 1. The van der Waals surface area contributed by atoms with Crippen molar-refractivity contribution < 1.29 is 4.79 Å². The van der Waals surface area contributed by atoms with Gasteiger partial charge in [0.2, 0.25) is 0 Å². The Balaban J connectivity index is 2.93. The highest BCUT2D eigenvalue weighted by atomic mass is 79.9. The Morgan fingerprint density at radius 3 is 2.65 bits per heavy atom. The summed E-state index contributed by atoms with van der Waals surface area (Å²) in [4.78, 5) is 14.1. The van der Waals surface area contributed by atoms with E-state index in [4.69, 9.17) is 18.0 Å². The molecule has 1 amide bonds. The van der Waals surface area contributed by atoms with Gasteiger partial charge in [0, 0.05) is 16.6 Å². The van der Waals surface area contributed by atoms with Crippen LogP contribution in [0.5, 0.6) is 0 Å². The van der Waals surface area contributed by atoms with Gasteiger partial charge in [-0.25, -0.2) is 0 Å². The maximum absolute atomic E-state index is 12.2. The van der Waals surface area contributed by atoms with Crippen LogP contribution in [0.3, 0.4) is 0 Å². The SMILES string of the molecule is CCN(CC(N)=S)C(=O)c1ccc(Br)c(C)c1. The van der Waals surface area contributed by atoms with Gasteiger partial charge in [-0.3, -0.25) is 4.79 Å². The molecule has 0 heterocycles. The number of likely N-dealkylation sites (N-methyl/N-ethyl adjacent to an activating group) is 1. The number of amides is 1.